The van der Waals surface area contributed by atoms with Crippen LogP contribution in [0.1, 0.15) is 90.4 Å². The number of aliphatic hydroxyl groups excluding tert-OH is 1. The van der Waals surface area contributed by atoms with E-state index in [1.54, 1.807) is 0 Å². The monoisotopic (exact) mass is 324 g/mol. The molecule has 1 unspecified atom stereocenters. The maximum Gasteiger partial charge on any atom is 0.303 e. The predicted octanol–water partition coefficient (Wildman–Crippen LogP) is 5.64. The van der Waals surface area contributed by atoms with Gasteiger partial charge in [-0.15, -0.1) is 0 Å². The molecule has 0 heterocycles. The highest BCUT2D eigenvalue weighted by Gasteiger charge is 2.01. The number of hydrogen-bond acceptors (Lipinski definition) is 2. The summed E-state index contributed by atoms with van der Waals surface area (Å²) in [5, 5.41) is 18.4. The van der Waals surface area contributed by atoms with E-state index in [1.165, 1.54) is 19.3 Å². The number of carboxylic acids is 1. The van der Waals surface area contributed by atoms with E-state index in [-0.39, 0.29) is 6.10 Å². The van der Waals surface area contributed by atoms with Gasteiger partial charge in [-0.05, 0) is 32.1 Å². The highest BCUT2D eigenvalue weighted by molar-refractivity contribution is 5.66. The summed E-state index contributed by atoms with van der Waals surface area (Å²) >= 11 is 0. The van der Waals surface area contributed by atoms with E-state index in [1.807, 2.05) is 0 Å². The largest absolute Gasteiger partial charge is 0.481 e. The van der Waals surface area contributed by atoms with Crippen LogP contribution in [0, 0.1) is 0 Å². The SMILES string of the molecule is CCCC/C=C/C/C=C/CC(O)CCCCCCCCC(=O)O. The van der Waals surface area contributed by atoms with Gasteiger partial charge in [0, 0.05) is 6.42 Å². The molecule has 0 radical (unpaired) electrons. The van der Waals surface area contributed by atoms with Gasteiger partial charge >= 0.3 is 5.97 Å². The number of rotatable bonds is 16. The molecule has 0 rings (SSSR count). The van der Waals surface area contributed by atoms with Gasteiger partial charge in [0.15, 0.2) is 0 Å². The molecule has 2 N–H and O–H groups in total. The molecule has 0 amide bonds. The van der Waals surface area contributed by atoms with Crippen molar-refractivity contribution in [1.82, 2.24) is 0 Å². The molecule has 0 saturated carbocycles. The first-order valence-corrected chi connectivity index (χ1v) is 9.36. The molecule has 0 bridgehead atoms. The molecule has 23 heavy (non-hydrogen) atoms. The average Bonchev–Trinajstić information content (AvgIpc) is 2.52. The van der Waals surface area contributed by atoms with Gasteiger partial charge < -0.3 is 10.2 Å². The van der Waals surface area contributed by atoms with E-state index in [4.69, 9.17) is 5.11 Å². The Morgan fingerprint density at radius 3 is 2.26 bits per heavy atom. The lowest BCUT2D eigenvalue weighted by molar-refractivity contribution is -0.137. The Bertz CT molecular complexity index is 321. The summed E-state index contributed by atoms with van der Waals surface area (Å²) < 4.78 is 0. The van der Waals surface area contributed by atoms with E-state index < -0.39 is 5.97 Å². The maximum atomic E-state index is 10.4. The number of carbonyl (C=O) groups is 1. The van der Waals surface area contributed by atoms with Crippen LogP contribution < -0.4 is 0 Å². The van der Waals surface area contributed by atoms with Crippen LogP contribution >= 0.6 is 0 Å². The minimum absolute atomic E-state index is 0.220. The fourth-order valence-electron chi connectivity index (χ4n) is 2.45. The number of allylic oxidation sites excluding steroid dienone is 3. The second-order valence-corrected chi connectivity index (χ2v) is 6.26. The minimum atomic E-state index is -0.697. The van der Waals surface area contributed by atoms with Gasteiger partial charge in [-0.3, -0.25) is 4.79 Å². The summed E-state index contributed by atoms with van der Waals surface area (Å²) in [5.74, 6) is -0.697. The number of carboxylic acid groups (broad SMARTS) is 1. The highest BCUT2D eigenvalue weighted by atomic mass is 16.4. The van der Waals surface area contributed by atoms with Crippen LogP contribution in [0.5, 0.6) is 0 Å². The molecule has 0 aliphatic carbocycles. The highest BCUT2D eigenvalue weighted by Crippen LogP contribution is 2.11. The molecule has 1 atom stereocenters. The number of unbranched alkanes of at least 4 members (excludes halogenated alkanes) is 7. The van der Waals surface area contributed by atoms with Crippen LogP contribution in [0.2, 0.25) is 0 Å². The van der Waals surface area contributed by atoms with Crippen molar-refractivity contribution >= 4 is 5.97 Å². The third-order valence-corrected chi connectivity index (χ3v) is 3.92. The summed E-state index contributed by atoms with van der Waals surface area (Å²) in [7, 11) is 0. The molecule has 0 aliphatic rings. The van der Waals surface area contributed by atoms with E-state index in [2.05, 4.69) is 31.2 Å². The Morgan fingerprint density at radius 2 is 1.57 bits per heavy atom. The van der Waals surface area contributed by atoms with Crippen LogP contribution in [0.15, 0.2) is 24.3 Å². The molecular formula is C20H36O3. The topological polar surface area (TPSA) is 57.5 Å². The lowest BCUT2D eigenvalue weighted by Crippen LogP contribution is -2.04. The molecule has 134 valence electrons. The summed E-state index contributed by atoms with van der Waals surface area (Å²) in [6.45, 7) is 2.20. The van der Waals surface area contributed by atoms with Gasteiger partial charge in [-0.1, -0.05) is 76.2 Å². The van der Waals surface area contributed by atoms with Crippen molar-refractivity contribution in [3.05, 3.63) is 24.3 Å². The molecule has 0 fully saturated rings. The molecule has 0 aromatic heterocycles. The number of aliphatic carboxylic acids is 1. The molecule has 0 spiro atoms. The third-order valence-electron chi connectivity index (χ3n) is 3.92. The van der Waals surface area contributed by atoms with Gasteiger partial charge in [0.2, 0.25) is 0 Å². The van der Waals surface area contributed by atoms with Gasteiger partial charge in [0.25, 0.3) is 0 Å². The van der Waals surface area contributed by atoms with Gasteiger partial charge in [0.05, 0.1) is 6.10 Å². The van der Waals surface area contributed by atoms with E-state index in [0.29, 0.717) is 6.42 Å². The van der Waals surface area contributed by atoms with E-state index >= 15 is 0 Å². The predicted molar refractivity (Wildman–Crippen MR) is 97.6 cm³/mol. The fourth-order valence-corrected chi connectivity index (χ4v) is 2.45. The summed E-state index contributed by atoms with van der Waals surface area (Å²) in [4.78, 5) is 10.4. The Balaban J connectivity index is 3.34. The normalized spacial score (nSPS) is 13.1. The second kappa shape index (κ2) is 17.3. The lowest BCUT2D eigenvalue weighted by atomic mass is 10.0. The Morgan fingerprint density at radius 1 is 0.913 bits per heavy atom. The average molecular weight is 325 g/mol. The lowest BCUT2D eigenvalue weighted by Gasteiger charge is -2.07. The summed E-state index contributed by atoms with van der Waals surface area (Å²) in [6, 6.07) is 0. The quantitative estimate of drug-likeness (QED) is 0.285. The molecule has 3 heteroatoms. The summed E-state index contributed by atoms with van der Waals surface area (Å²) in [6.07, 6.45) is 21.2. The van der Waals surface area contributed by atoms with Crippen molar-refractivity contribution in [1.29, 1.82) is 0 Å². The van der Waals surface area contributed by atoms with Crippen molar-refractivity contribution in [2.45, 2.75) is 96.5 Å². The van der Waals surface area contributed by atoms with Gasteiger partial charge in [0.1, 0.15) is 0 Å². The maximum absolute atomic E-state index is 10.4. The summed E-state index contributed by atoms with van der Waals surface area (Å²) in [5.41, 5.74) is 0. The van der Waals surface area contributed by atoms with Crippen LogP contribution in [-0.2, 0) is 4.79 Å². The number of aliphatic hydroxyl groups is 1. The van der Waals surface area contributed by atoms with Crippen molar-refractivity contribution in [3.63, 3.8) is 0 Å². The van der Waals surface area contributed by atoms with Crippen LogP contribution in [0.4, 0.5) is 0 Å². The van der Waals surface area contributed by atoms with Crippen molar-refractivity contribution < 1.29 is 15.0 Å². The first-order valence-electron chi connectivity index (χ1n) is 9.36. The van der Waals surface area contributed by atoms with Crippen molar-refractivity contribution in [2.75, 3.05) is 0 Å². The number of hydrogen-bond donors (Lipinski definition) is 2. The van der Waals surface area contributed by atoms with E-state index in [9.17, 15) is 9.90 Å². The van der Waals surface area contributed by atoms with Gasteiger partial charge in [-0.2, -0.15) is 0 Å². The van der Waals surface area contributed by atoms with Crippen LogP contribution in [0.3, 0.4) is 0 Å². The minimum Gasteiger partial charge on any atom is -0.481 e. The third kappa shape index (κ3) is 18.9. The smallest absolute Gasteiger partial charge is 0.303 e. The molecule has 0 saturated heterocycles. The standard InChI is InChI=1S/C20H36O3/c1-2-3-4-5-6-7-10-13-16-19(21)17-14-11-8-9-12-15-18-20(22)23/h5-6,10,13,19,21H,2-4,7-9,11-12,14-18H2,1H3,(H,22,23)/b6-5+,13-10+. The van der Waals surface area contributed by atoms with Crippen molar-refractivity contribution in [2.24, 2.45) is 0 Å². The van der Waals surface area contributed by atoms with Crippen LogP contribution in [-0.4, -0.2) is 22.3 Å². The second-order valence-electron chi connectivity index (χ2n) is 6.26. The molecular weight excluding hydrogens is 288 g/mol. The molecule has 0 aromatic carbocycles. The molecule has 0 aliphatic heterocycles. The fraction of sp³-hybridized carbons (Fsp3) is 0.750. The van der Waals surface area contributed by atoms with E-state index in [0.717, 1.165) is 57.8 Å². The first-order chi connectivity index (χ1) is 11.2. The Kier molecular flexibility index (Phi) is 16.4. The Hall–Kier alpha value is -1.09. The Labute approximate surface area is 142 Å². The first kappa shape index (κ1) is 21.9. The van der Waals surface area contributed by atoms with Gasteiger partial charge in [-0.25, -0.2) is 0 Å². The molecule has 0 aromatic rings. The zero-order valence-corrected chi connectivity index (χ0v) is 14.9. The van der Waals surface area contributed by atoms with Crippen LogP contribution in [0.25, 0.3) is 0 Å². The zero-order chi connectivity index (χ0) is 17.2. The van der Waals surface area contributed by atoms with Crippen molar-refractivity contribution in [3.8, 4) is 0 Å². The molecule has 3 nitrogen and oxygen atoms in total. The zero-order valence-electron chi connectivity index (χ0n) is 14.9.